The Morgan fingerprint density at radius 3 is 2.45 bits per heavy atom. The third kappa shape index (κ3) is 4.92. The highest BCUT2D eigenvalue weighted by atomic mass is 32.2. The molecule has 9 nitrogen and oxygen atoms in total. The third-order valence-electron chi connectivity index (χ3n) is 5.11. The molecule has 160 valence electrons. The molecule has 0 radical (unpaired) electrons. The predicted molar refractivity (Wildman–Crippen MR) is 109 cm³/mol. The number of fused-ring (bicyclic) bond motifs is 1. The Kier molecular flexibility index (Phi) is 7.52. The molecule has 29 heavy (non-hydrogen) atoms. The number of piperidine rings is 1. The average molecular weight is 443 g/mol. The number of carbonyl (C=O) groups is 1. The summed E-state index contributed by atoms with van der Waals surface area (Å²) >= 11 is 0.997. The van der Waals surface area contributed by atoms with Crippen molar-refractivity contribution in [2.75, 3.05) is 53.6 Å². The molecule has 1 saturated heterocycles. The molecule has 2 heterocycles. The number of benzene rings is 1. The van der Waals surface area contributed by atoms with E-state index in [1.165, 1.54) is 4.31 Å². The maximum absolute atomic E-state index is 13.1. The SMILES string of the molecule is COCCN(CCOC)C(=O)C1CCN(S(=O)(=O)c2cccc3nsnc23)CC1. The van der Waals surface area contributed by atoms with Gasteiger partial charge in [-0.15, -0.1) is 0 Å². The van der Waals surface area contributed by atoms with Gasteiger partial charge in [0.05, 0.1) is 24.9 Å². The van der Waals surface area contributed by atoms with Crippen LogP contribution in [0.4, 0.5) is 0 Å². The molecule has 0 atom stereocenters. The molecule has 2 aromatic rings. The number of hydrogen-bond donors (Lipinski definition) is 0. The summed E-state index contributed by atoms with van der Waals surface area (Å²) in [7, 11) is -0.488. The maximum Gasteiger partial charge on any atom is 0.245 e. The Morgan fingerprint density at radius 1 is 1.17 bits per heavy atom. The van der Waals surface area contributed by atoms with Crippen molar-refractivity contribution in [3.63, 3.8) is 0 Å². The molecule has 1 amide bonds. The summed E-state index contributed by atoms with van der Waals surface area (Å²) < 4.78 is 46.2. The highest BCUT2D eigenvalue weighted by Gasteiger charge is 2.34. The Morgan fingerprint density at radius 2 is 1.83 bits per heavy atom. The second-order valence-corrected chi connectivity index (χ2v) is 9.31. The fraction of sp³-hybridized carbons (Fsp3) is 0.611. The molecule has 1 aliphatic heterocycles. The van der Waals surface area contributed by atoms with Gasteiger partial charge < -0.3 is 14.4 Å². The molecular weight excluding hydrogens is 416 g/mol. The second-order valence-electron chi connectivity index (χ2n) is 6.88. The summed E-state index contributed by atoms with van der Waals surface area (Å²) in [6.45, 7) is 2.50. The highest BCUT2D eigenvalue weighted by Crippen LogP contribution is 2.28. The Bertz CT molecular complexity index is 917. The Labute approximate surface area is 175 Å². The van der Waals surface area contributed by atoms with Crippen LogP contribution in [0.3, 0.4) is 0 Å². The Hall–Kier alpha value is -1.66. The van der Waals surface area contributed by atoms with Gasteiger partial charge in [0.25, 0.3) is 0 Å². The normalized spacial score (nSPS) is 16.3. The van der Waals surface area contributed by atoms with Gasteiger partial charge in [-0.25, -0.2) is 8.42 Å². The number of aromatic nitrogens is 2. The lowest BCUT2D eigenvalue weighted by molar-refractivity contribution is -0.138. The number of nitrogens with zero attached hydrogens (tertiary/aromatic N) is 4. The molecular formula is C18H26N4O5S2. The number of rotatable bonds is 9. The zero-order valence-corrected chi connectivity index (χ0v) is 18.2. The molecule has 0 spiro atoms. The van der Waals surface area contributed by atoms with E-state index in [1.807, 2.05) is 0 Å². The summed E-state index contributed by atoms with van der Waals surface area (Å²) in [6.07, 6.45) is 0.972. The van der Waals surface area contributed by atoms with Crippen molar-refractivity contribution in [3.05, 3.63) is 18.2 Å². The van der Waals surface area contributed by atoms with Crippen molar-refractivity contribution in [2.24, 2.45) is 5.92 Å². The van der Waals surface area contributed by atoms with Gasteiger partial charge >= 0.3 is 0 Å². The van der Waals surface area contributed by atoms with E-state index in [-0.39, 0.29) is 16.7 Å². The smallest absolute Gasteiger partial charge is 0.245 e. The Balaban J connectivity index is 1.67. The number of hydrogen-bond acceptors (Lipinski definition) is 8. The van der Waals surface area contributed by atoms with Crippen LogP contribution in [0.1, 0.15) is 12.8 Å². The molecule has 0 unspecified atom stereocenters. The van der Waals surface area contributed by atoms with Crippen LogP contribution in [0.25, 0.3) is 11.0 Å². The highest BCUT2D eigenvalue weighted by molar-refractivity contribution is 7.89. The van der Waals surface area contributed by atoms with Crippen molar-refractivity contribution in [1.82, 2.24) is 18.0 Å². The van der Waals surface area contributed by atoms with Crippen molar-refractivity contribution in [1.29, 1.82) is 0 Å². The van der Waals surface area contributed by atoms with E-state index in [0.717, 1.165) is 11.7 Å². The molecule has 0 saturated carbocycles. The topological polar surface area (TPSA) is 102 Å². The maximum atomic E-state index is 13.1. The lowest BCUT2D eigenvalue weighted by atomic mass is 9.96. The molecule has 1 aromatic carbocycles. The van der Waals surface area contributed by atoms with E-state index in [2.05, 4.69) is 8.75 Å². The molecule has 0 N–H and O–H groups in total. The van der Waals surface area contributed by atoms with E-state index >= 15 is 0 Å². The van der Waals surface area contributed by atoms with Crippen LogP contribution >= 0.6 is 11.7 Å². The summed E-state index contributed by atoms with van der Waals surface area (Å²) in [6, 6.07) is 4.99. The molecule has 11 heteroatoms. The summed E-state index contributed by atoms with van der Waals surface area (Å²) in [5.41, 5.74) is 0.981. The largest absolute Gasteiger partial charge is 0.383 e. The van der Waals surface area contributed by atoms with Gasteiger partial charge in [0, 0.05) is 46.3 Å². The number of amides is 1. The summed E-state index contributed by atoms with van der Waals surface area (Å²) in [5, 5.41) is 0. The van der Waals surface area contributed by atoms with Crippen molar-refractivity contribution in [3.8, 4) is 0 Å². The van der Waals surface area contributed by atoms with Crippen LogP contribution in [-0.2, 0) is 24.3 Å². The van der Waals surface area contributed by atoms with Crippen LogP contribution in [-0.4, -0.2) is 85.9 Å². The van der Waals surface area contributed by atoms with Crippen LogP contribution in [0, 0.1) is 5.92 Å². The first kappa shape index (κ1) is 22.0. The summed E-state index contributed by atoms with van der Waals surface area (Å²) in [5.74, 6) is -0.172. The van der Waals surface area contributed by atoms with Crippen LogP contribution < -0.4 is 0 Å². The minimum absolute atomic E-state index is 0.0296. The molecule has 1 aliphatic rings. The van der Waals surface area contributed by atoms with Gasteiger partial charge in [-0.1, -0.05) is 6.07 Å². The lowest BCUT2D eigenvalue weighted by Crippen LogP contribution is -2.46. The van der Waals surface area contributed by atoms with Gasteiger partial charge in [0.2, 0.25) is 15.9 Å². The standard InChI is InChI=1S/C18H26N4O5S2/c1-26-12-10-21(11-13-27-2)18(23)14-6-8-22(9-7-14)29(24,25)16-5-3-4-15-17(16)20-28-19-15/h3-5,14H,6-13H2,1-2H3. The van der Waals surface area contributed by atoms with E-state index in [1.54, 1.807) is 37.3 Å². The van der Waals surface area contributed by atoms with Crippen molar-refractivity contribution in [2.45, 2.75) is 17.7 Å². The first-order valence-corrected chi connectivity index (χ1v) is 11.6. The van der Waals surface area contributed by atoms with E-state index < -0.39 is 10.0 Å². The van der Waals surface area contributed by atoms with Crippen molar-refractivity contribution < 1.29 is 22.7 Å². The number of methoxy groups -OCH3 is 2. The lowest BCUT2D eigenvalue weighted by Gasteiger charge is -2.33. The van der Waals surface area contributed by atoms with Gasteiger partial charge in [0.15, 0.2) is 0 Å². The molecule has 0 bridgehead atoms. The van der Waals surface area contributed by atoms with Crippen LogP contribution in [0.15, 0.2) is 23.1 Å². The van der Waals surface area contributed by atoms with Crippen molar-refractivity contribution >= 4 is 38.7 Å². The fourth-order valence-electron chi connectivity index (χ4n) is 3.47. The van der Waals surface area contributed by atoms with Gasteiger partial charge in [-0.05, 0) is 25.0 Å². The second kappa shape index (κ2) is 9.90. The monoisotopic (exact) mass is 442 g/mol. The van der Waals surface area contributed by atoms with Gasteiger partial charge in [0.1, 0.15) is 15.9 Å². The first-order valence-electron chi connectivity index (χ1n) is 9.47. The minimum atomic E-state index is -3.68. The molecule has 1 aromatic heterocycles. The molecule has 0 aliphatic carbocycles. The van der Waals surface area contributed by atoms with Gasteiger partial charge in [-0.3, -0.25) is 4.79 Å². The number of carbonyl (C=O) groups excluding carboxylic acids is 1. The fourth-order valence-corrected chi connectivity index (χ4v) is 5.69. The predicted octanol–water partition coefficient (Wildman–Crippen LogP) is 1.21. The number of sulfonamides is 1. The quantitative estimate of drug-likeness (QED) is 0.575. The minimum Gasteiger partial charge on any atom is -0.383 e. The van der Waals surface area contributed by atoms with Crippen LogP contribution in [0.5, 0.6) is 0 Å². The van der Waals surface area contributed by atoms with Crippen LogP contribution in [0.2, 0.25) is 0 Å². The zero-order valence-electron chi connectivity index (χ0n) is 16.6. The summed E-state index contributed by atoms with van der Waals surface area (Å²) in [4.78, 5) is 14.8. The van der Waals surface area contributed by atoms with E-state index in [0.29, 0.717) is 63.3 Å². The first-order chi connectivity index (χ1) is 14.0. The average Bonchev–Trinajstić information content (AvgIpc) is 3.22. The van der Waals surface area contributed by atoms with Gasteiger partial charge in [-0.2, -0.15) is 13.1 Å². The van der Waals surface area contributed by atoms with E-state index in [9.17, 15) is 13.2 Å². The zero-order chi connectivity index (χ0) is 20.9. The third-order valence-corrected chi connectivity index (χ3v) is 7.59. The van der Waals surface area contributed by atoms with E-state index in [4.69, 9.17) is 9.47 Å². The molecule has 1 fully saturated rings. The molecule has 3 rings (SSSR count). The number of ether oxygens (including phenoxy) is 2.